The van der Waals surface area contributed by atoms with Gasteiger partial charge in [0.2, 0.25) is 5.91 Å². The van der Waals surface area contributed by atoms with E-state index in [1.807, 2.05) is 31.2 Å². The van der Waals surface area contributed by atoms with Crippen molar-refractivity contribution in [1.29, 1.82) is 0 Å². The summed E-state index contributed by atoms with van der Waals surface area (Å²) in [6.45, 7) is 6.02. The van der Waals surface area contributed by atoms with Crippen LogP contribution in [-0.4, -0.2) is 22.6 Å². The normalized spacial score (nSPS) is 20.5. The largest absolute Gasteiger partial charge is 0.488 e. The van der Waals surface area contributed by atoms with Crippen molar-refractivity contribution in [3.8, 4) is 5.75 Å². The fourth-order valence-electron chi connectivity index (χ4n) is 4.87. The predicted molar refractivity (Wildman–Crippen MR) is 133 cm³/mol. The molecule has 0 aromatic heterocycles. The third kappa shape index (κ3) is 3.46. The molecule has 0 saturated carbocycles. The molecular weight excluding hydrogens is 473 g/mol. The van der Waals surface area contributed by atoms with Gasteiger partial charge in [-0.25, -0.2) is 4.79 Å². The standard InChI is InChI=1S/C27H23Cl2NO4/c1-26(2)11-10-15-12-16(4-9-23(15)34-26)27(3)20-13-17(28)5-8-22(20)30(25(27)33)18-6-7-21(29)19(14-18)24(31)32/h4-9,12-14H,10-11H2,1-3H3,(H,31,32)/t27-/m0/s1. The summed E-state index contributed by atoms with van der Waals surface area (Å²) < 4.78 is 6.14. The first-order chi connectivity index (χ1) is 16.0. The van der Waals surface area contributed by atoms with E-state index < -0.39 is 11.4 Å². The smallest absolute Gasteiger partial charge is 0.337 e. The second-order valence-corrected chi connectivity index (χ2v) is 10.4. The topological polar surface area (TPSA) is 66.8 Å². The first-order valence-electron chi connectivity index (χ1n) is 11.0. The van der Waals surface area contributed by atoms with Gasteiger partial charge in [-0.3, -0.25) is 9.69 Å². The number of carboxylic acids is 1. The molecule has 3 aromatic rings. The SMILES string of the molecule is CC1(C)CCc2cc([C@]3(C)C(=O)N(c4ccc(Cl)c(C(=O)O)c4)c4ccc(Cl)cc43)ccc2O1. The van der Waals surface area contributed by atoms with Crippen LogP contribution in [0, 0.1) is 0 Å². The first kappa shape index (κ1) is 22.8. The van der Waals surface area contributed by atoms with Crippen LogP contribution in [0.1, 0.15) is 54.2 Å². The molecule has 34 heavy (non-hydrogen) atoms. The monoisotopic (exact) mass is 495 g/mol. The number of benzene rings is 3. The van der Waals surface area contributed by atoms with Crippen molar-refractivity contribution < 1.29 is 19.4 Å². The minimum atomic E-state index is -1.16. The number of aromatic carboxylic acids is 1. The average molecular weight is 496 g/mol. The third-order valence-electron chi connectivity index (χ3n) is 6.83. The molecule has 5 nitrogen and oxygen atoms in total. The van der Waals surface area contributed by atoms with Gasteiger partial charge in [0, 0.05) is 10.7 Å². The summed E-state index contributed by atoms with van der Waals surface area (Å²) in [6, 6.07) is 15.8. The van der Waals surface area contributed by atoms with Gasteiger partial charge in [0.05, 0.1) is 21.7 Å². The van der Waals surface area contributed by atoms with Gasteiger partial charge in [-0.15, -0.1) is 0 Å². The molecule has 7 heteroatoms. The maximum atomic E-state index is 14.1. The van der Waals surface area contributed by atoms with E-state index in [4.69, 9.17) is 27.9 Å². The van der Waals surface area contributed by atoms with Crippen LogP contribution in [0.2, 0.25) is 10.0 Å². The lowest BCUT2D eigenvalue weighted by Crippen LogP contribution is -2.37. The van der Waals surface area contributed by atoms with Crippen molar-refractivity contribution in [2.24, 2.45) is 0 Å². The minimum absolute atomic E-state index is 0.0652. The number of hydrogen-bond donors (Lipinski definition) is 1. The fourth-order valence-corrected chi connectivity index (χ4v) is 5.24. The van der Waals surface area contributed by atoms with Gasteiger partial charge in [0.15, 0.2) is 0 Å². The second-order valence-electron chi connectivity index (χ2n) is 9.58. The van der Waals surface area contributed by atoms with Crippen LogP contribution in [0.5, 0.6) is 5.75 Å². The maximum Gasteiger partial charge on any atom is 0.337 e. The molecule has 2 aliphatic heterocycles. The summed E-state index contributed by atoms with van der Waals surface area (Å²) in [7, 11) is 0. The van der Waals surface area contributed by atoms with Gasteiger partial charge in [-0.05, 0) is 92.8 Å². The number of rotatable bonds is 3. The van der Waals surface area contributed by atoms with E-state index in [1.54, 1.807) is 23.1 Å². The summed E-state index contributed by atoms with van der Waals surface area (Å²) in [4.78, 5) is 27.3. The number of ether oxygens (including phenoxy) is 1. The van der Waals surface area contributed by atoms with Crippen LogP contribution in [0.15, 0.2) is 54.6 Å². The highest BCUT2D eigenvalue weighted by Crippen LogP contribution is 2.51. The summed E-state index contributed by atoms with van der Waals surface area (Å²) >= 11 is 12.4. The Bertz CT molecular complexity index is 1370. The molecule has 1 N–H and O–H groups in total. The van der Waals surface area contributed by atoms with Crippen molar-refractivity contribution in [3.63, 3.8) is 0 Å². The Morgan fingerprint density at radius 1 is 1.03 bits per heavy atom. The zero-order valence-corrected chi connectivity index (χ0v) is 20.5. The number of halogens is 2. The number of aryl methyl sites for hydroxylation is 1. The van der Waals surface area contributed by atoms with Crippen molar-refractivity contribution in [2.75, 3.05) is 4.90 Å². The van der Waals surface area contributed by atoms with Crippen molar-refractivity contribution in [3.05, 3.63) is 86.9 Å². The quantitative estimate of drug-likeness (QED) is 0.434. The molecule has 3 aromatic carbocycles. The Hall–Kier alpha value is -3.02. The van der Waals surface area contributed by atoms with Crippen molar-refractivity contribution in [2.45, 2.75) is 44.6 Å². The van der Waals surface area contributed by atoms with E-state index in [2.05, 4.69) is 13.8 Å². The van der Waals surface area contributed by atoms with Crippen molar-refractivity contribution in [1.82, 2.24) is 0 Å². The Balaban J connectivity index is 1.67. The van der Waals surface area contributed by atoms with Crippen LogP contribution in [0.4, 0.5) is 11.4 Å². The van der Waals surface area contributed by atoms with Crippen LogP contribution in [0.25, 0.3) is 0 Å². The minimum Gasteiger partial charge on any atom is -0.488 e. The number of fused-ring (bicyclic) bond motifs is 2. The first-order valence-corrected chi connectivity index (χ1v) is 11.8. The van der Waals surface area contributed by atoms with Crippen LogP contribution in [-0.2, 0) is 16.6 Å². The molecule has 2 heterocycles. The number of anilines is 2. The van der Waals surface area contributed by atoms with Crippen molar-refractivity contribution >= 4 is 46.5 Å². The van der Waals surface area contributed by atoms with Crippen LogP contribution in [0.3, 0.4) is 0 Å². The lowest BCUT2D eigenvalue weighted by molar-refractivity contribution is -0.120. The van der Waals surface area contributed by atoms with Gasteiger partial charge < -0.3 is 9.84 Å². The summed E-state index contributed by atoms with van der Waals surface area (Å²) in [6.07, 6.45) is 1.73. The molecule has 0 unspecified atom stereocenters. The number of nitrogens with zero attached hydrogens (tertiary/aromatic N) is 1. The summed E-state index contributed by atoms with van der Waals surface area (Å²) in [5, 5.41) is 10.2. The summed E-state index contributed by atoms with van der Waals surface area (Å²) in [5.41, 5.74) is 2.43. The lowest BCUT2D eigenvalue weighted by atomic mass is 9.76. The van der Waals surface area contributed by atoms with E-state index in [0.717, 1.165) is 35.3 Å². The average Bonchev–Trinajstić information content (AvgIpc) is 3.00. The number of hydrogen-bond acceptors (Lipinski definition) is 3. The highest BCUT2D eigenvalue weighted by atomic mass is 35.5. The number of carbonyl (C=O) groups excluding carboxylic acids is 1. The Kier molecular flexibility index (Phi) is 5.19. The van der Waals surface area contributed by atoms with E-state index in [-0.39, 0.29) is 22.1 Å². The molecule has 0 radical (unpaired) electrons. The molecule has 2 aliphatic rings. The number of carboxylic acid groups (broad SMARTS) is 1. The Labute approximate surface area is 207 Å². The molecule has 0 saturated heterocycles. The highest BCUT2D eigenvalue weighted by molar-refractivity contribution is 6.34. The van der Waals surface area contributed by atoms with E-state index >= 15 is 0 Å². The Morgan fingerprint density at radius 3 is 2.53 bits per heavy atom. The predicted octanol–water partition coefficient (Wildman–Crippen LogP) is 6.78. The molecule has 174 valence electrons. The molecule has 0 aliphatic carbocycles. The molecular formula is C27H23Cl2NO4. The van der Waals surface area contributed by atoms with Crippen LogP contribution < -0.4 is 9.64 Å². The van der Waals surface area contributed by atoms with E-state index in [9.17, 15) is 14.7 Å². The molecule has 0 bridgehead atoms. The zero-order chi connectivity index (χ0) is 24.4. The number of amides is 1. The third-order valence-corrected chi connectivity index (χ3v) is 7.39. The van der Waals surface area contributed by atoms with E-state index in [0.29, 0.717) is 16.4 Å². The molecule has 0 spiro atoms. The van der Waals surface area contributed by atoms with Gasteiger partial charge in [0.1, 0.15) is 11.4 Å². The Morgan fingerprint density at radius 2 is 1.79 bits per heavy atom. The number of carbonyl (C=O) groups is 2. The summed E-state index contributed by atoms with van der Waals surface area (Å²) in [5.74, 6) is -0.517. The van der Waals surface area contributed by atoms with Gasteiger partial charge in [0.25, 0.3) is 0 Å². The zero-order valence-electron chi connectivity index (χ0n) is 19.0. The highest BCUT2D eigenvalue weighted by Gasteiger charge is 2.49. The van der Waals surface area contributed by atoms with Gasteiger partial charge in [-0.1, -0.05) is 35.3 Å². The second kappa shape index (κ2) is 7.76. The molecule has 5 rings (SSSR count). The lowest BCUT2D eigenvalue weighted by Gasteiger charge is -2.34. The van der Waals surface area contributed by atoms with Gasteiger partial charge in [-0.2, -0.15) is 0 Å². The molecule has 1 atom stereocenters. The van der Waals surface area contributed by atoms with Gasteiger partial charge >= 0.3 is 5.97 Å². The maximum absolute atomic E-state index is 14.1. The van der Waals surface area contributed by atoms with Crippen LogP contribution >= 0.6 is 23.2 Å². The molecule has 1 amide bonds. The van der Waals surface area contributed by atoms with E-state index in [1.165, 1.54) is 12.1 Å². The fraction of sp³-hybridized carbons (Fsp3) is 0.259. The molecule has 0 fully saturated rings.